The molecule has 0 amide bonds. The first-order valence-corrected chi connectivity index (χ1v) is 4.82. The molecule has 1 aliphatic rings. The van der Waals surface area contributed by atoms with Crippen LogP contribution in [-0.2, 0) is 19.0 Å². The molecule has 1 heterocycles. The molecule has 1 aliphatic heterocycles. The fourth-order valence-corrected chi connectivity index (χ4v) is 1.28. The second kappa shape index (κ2) is 5.00. The number of methoxy groups -OCH3 is 1. The Hall–Kier alpha value is -1.03. The van der Waals surface area contributed by atoms with Crippen LogP contribution in [0.3, 0.4) is 0 Å². The topological polar surface area (TPSA) is 44.8 Å². The molecule has 0 aliphatic carbocycles. The van der Waals surface area contributed by atoms with E-state index in [1.54, 1.807) is 0 Å². The molecule has 0 spiro atoms. The van der Waals surface area contributed by atoms with Crippen molar-refractivity contribution in [2.45, 2.75) is 39.1 Å². The van der Waals surface area contributed by atoms with Crippen LogP contribution in [0.1, 0.15) is 26.7 Å². The van der Waals surface area contributed by atoms with Crippen LogP contribution < -0.4 is 0 Å². The predicted octanol–water partition coefficient (Wildman–Crippen LogP) is 1.60. The summed E-state index contributed by atoms with van der Waals surface area (Å²) in [5.74, 6) is 0.171. The molecule has 4 nitrogen and oxygen atoms in total. The van der Waals surface area contributed by atoms with Gasteiger partial charge in [0.1, 0.15) is 11.9 Å². The fourth-order valence-electron chi connectivity index (χ4n) is 1.28. The summed E-state index contributed by atoms with van der Waals surface area (Å²) in [6, 6.07) is 0. The molecule has 2 unspecified atom stereocenters. The highest BCUT2D eigenvalue weighted by Crippen LogP contribution is 2.26. The molecule has 2 atom stereocenters. The zero-order valence-corrected chi connectivity index (χ0v) is 8.78. The summed E-state index contributed by atoms with van der Waals surface area (Å²) in [7, 11) is 1.34. The van der Waals surface area contributed by atoms with Crippen LogP contribution in [0.2, 0.25) is 0 Å². The lowest BCUT2D eigenvalue weighted by Crippen LogP contribution is -2.10. The van der Waals surface area contributed by atoms with Crippen LogP contribution in [0.25, 0.3) is 0 Å². The predicted molar refractivity (Wildman–Crippen MR) is 50.4 cm³/mol. The van der Waals surface area contributed by atoms with Gasteiger partial charge in [0.2, 0.25) is 0 Å². The number of ether oxygens (including phenoxy) is 3. The van der Waals surface area contributed by atoms with E-state index in [2.05, 4.69) is 4.74 Å². The molecule has 0 aromatic rings. The third-order valence-corrected chi connectivity index (χ3v) is 2.07. The van der Waals surface area contributed by atoms with E-state index in [0.29, 0.717) is 5.76 Å². The van der Waals surface area contributed by atoms with Gasteiger partial charge in [0, 0.05) is 6.42 Å². The molecular formula is C10H16O4. The van der Waals surface area contributed by atoms with Crippen molar-refractivity contribution in [1.29, 1.82) is 0 Å². The Bertz CT molecular complexity index is 234. The van der Waals surface area contributed by atoms with Crippen molar-refractivity contribution in [3.63, 3.8) is 0 Å². The van der Waals surface area contributed by atoms with Crippen LogP contribution in [-0.4, -0.2) is 25.5 Å². The van der Waals surface area contributed by atoms with E-state index in [1.807, 2.05) is 13.8 Å². The smallest absolute Gasteiger partial charge is 0.333 e. The monoisotopic (exact) mass is 200 g/mol. The van der Waals surface area contributed by atoms with Crippen molar-refractivity contribution in [1.82, 2.24) is 0 Å². The van der Waals surface area contributed by atoms with Crippen molar-refractivity contribution in [3.8, 4) is 0 Å². The Balaban J connectivity index is 2.67. The van der Waals surface area contributed by atoms with Crippen molar-refractivity contribution in [2.24, 2.45) is 0 Å². The third kappa shape index (κ3) is 2.48. The number of hydrogen-bond acceptors (Lipinski definition) is 4. The molecule has 80 valence electrons. The Morgan fingerprint density at radius 3 is 2.71 bits per heavy atom. The lowest BCUT2D eigenvalue weighted by atomic mass is 10.2. The summed E-state index contributed by atoms with van der Waals surface area (Å²) in [6.07, 6.45) is 2.58. The Morgan fingerprint density at radius 2 is 2.21 bits per heavy atom. The van der Waals surface area contributed by atoms with E-state index in [0.717, 1.165) is 12.8 Å². The highest BCUT2D eigenvalue weighted by atomic mass is 16.7. The summed E-state index contributed by atoms with van der Waals surface area (Å²) in [4.78, 5) is 11.0. The van der Waals surface area contributed by atoms with Gasteiger partial charge in [0.05, 0.1) is 13.2 Å². The van der Waals surface area contributed by atoms with Gasteiger partial charge in [0.15, 0.2) is 6.29 Å². The standard InChI is InChI=1S/C10H16O4/c1-4-7-8(6-9(11)12-3)14-10(5-2)13-7/h6-7,10H,4-5H2,1-3H3/b8-6+. The lowest BCUT2D eigenvalue weighted by Gasteiger charge is -2.04. The van der Waals surface area contributed by atoms with Crippen molar-refractivity contribution >= 4 is 5.97 Å². The molecule has 0 radical (unpaired) electrons. The second-order valence-corrected chi connectivity index (χ2v) is 3.06. The van der Waals surface area contributed by atoms with Crippen LogP contribution >= 0.6 is 0 Å². The number of carbonyl (C=O) groups excluding carboxylic acids is 1. The van der Waals surface area contributed by atoms with Crippen LogP contribution in [0.5, 0.6) is 0 Å². The number of esters is 1. The summed E-state index contributed by atoms with van der Waals surface area (Å²) >= 11 is 0. The van der Waals surface area contributed by atoms with Gasteiger partial charge in [-0.25, -0.2) is 4.79 Å². The van der Waals surface area contributed by atoms with Crippen LogP contribution in [0, 0.1) is 0 Å². The van der Waals surface area contributed by atoms with Crippen molar-refractivity contribution in [3.05, 3.63) is 11.8 Å². The first-order valence-electron chi connectivity index (χ1n) is 4.82. The van der Waals surface area contributed by atoms with Gasteiger partial charge in [-0.1, -0.05) is 13.8 Å². The average Bonchev–Trinajstić information content (AvgIpc) is 2.60. The second-order valence-electron chi connectivity index (χ2n) is 3.06. The van der Waals surface area contributed by atoms with Gasteiger partial charge in [-0.3, -0.25) is 0 Å². The van der Waals surface area contributed by atoms with Gasteiger partial charge < -0.3 is 14.2 Å². The minimum absolute atomic E-state index is 0.112. The van der Waals surface area contributed by atoms with Crippen LogP contribution in [0.4, 0.5) is 0 Å². The quantitative estimate of drug-likeness (QED) is 0.513. The first kappa shape index (κ1) is 11.0. The van der Waals surface area contributed by atoms with Crippen LogP contribution in [0.15, 0.2) is 11.8 Å². The maximum absolute atomic E-state index is 11.0. The SMILES string of the molecule is CCC1O/C(=C/C(=O)OC)C(CC)O1. The molecule has 0 saturated carbocycles. The zero-order chi connectivity index (χ0) is 10.6. The van der Waals surface area contributed by atoms with Gasteiger partial charge >= 0.3 is 5.97 Å². The number of hydrogen-bond donors (Lipinski definition) is 0. The Labute approximate surface area is 83.8 Å². The molecule has 1 fully saturated rings. The molecule has 0 N–H and O–H groups in total. The molecule has 0 aromatic heterocycles. The Morgan fingerprint density at radius 1 is 1.50 bits per heavy atom. The highest BCUT2D eigenvalue weighted by Gasteiger charge is 2.29. The minimum Gasteiger partial charge on any atom is -0.466 e. The van der Waals surface area contributed by atoms with E-state index in [-0.39, 0.29) is 12.4 Å². The van der Waals surface area contributed by atoms with E-state index < -0.39 is 5.97 Å². The lowest BCUT2D eigenvalue weighted by molar-refractivity contribution is -0.135. The molecule has 4 heteroatoms. The van der Waals surface area contributed by atoms with Gasteiger partial charge in [-0.2, -0.15) is 0 Å². The van der Waals surface area contributed by atoms with Gasteiger partial charge in [0.25, 0.3) is 0 Å². The zero-order valence-electron chi connectivity index (χ0n) is 8.78. The molecule has 0 bridgehead atoms. The largest absolute Gasteiger partial charge is 0.466 e. The number of rotatable bonds is 3. The minimum atomic E-state index is -0.404. The fraction of sp³-hybridized carbons (Fsp3) is 0.700. The summed E-state index contributed by atoms with van der Waals surface area (Å²) < 4.78 is 15.5. The van der Waals surface area contributed by atoms with Gasteiger partial charge in [-0.15, -0.1) is 0 Å². The Kier molecular flexibility index (Phi) is 3.95. The van der Waals surface area contributed by atoms with E-state index >= 15 is 0 Å². The maximum atomic E-state index is 11.0. The third-order valence-electron chi connectivity index (χ3n) is 2.07. The van der Waals surface area contributed by atoms with Crippen molar-refractivity contribution in [2.75, 3.05) is 7.11 Å². The molecule has 1 rings (SSSR count). The summed E-state index contributed by atoms with van der Waals surface area (Å²) in [5, 5.41) is 0. The van der Waals surface area contributed by atoms with Crippen molar-refractivity contribution < 1.29 is 19.0 Å². The normalized spacial score (nSPS) is 28.9. The first-order chi connectivity index (χ1) is 6.71. The highest BCUT2D eigenvalue weighted by molar-refractivity contribution is 5.82. The van der Waals surface area contributed by atoms with E-state index in [1.165, 1.54) is 13.2 Å². The van der Waals surface area contributed by atoms with E-state index in [4.69, 9.17) is 9.47 Å². The number of carbonyl (C=O) groups is 1. The van der Waals surface area contributed by atoms with E-state index in [9.17, 15) is 4.79 Å². The molecular weight excluding hydrogens is 184 g/mol. The average molecular weight is 200 g/mol. The molecule has 1 saturated heterocycles. The summed E-state index contributed by atoms with van der Waals surface area (Å²) in [5.41, 5.74) is 0. The molecule has 14 heavy (non-hydrogen) atoms. The molecule has 0 aromatic carbocycles. The van der Waals surface area contributed by atoms with Gasteiger partial charge in [-0.05, 0) is 6.42 Å². The maximum Gasteiger partial charge on any atom is 0.333 e. The summed E-state index contributed by atoms with van der Waals surface area (Å²) in [6.45, 7) is 3.95.